The van der Waals surface area contributed by atoms with Gasteiger partial charge in [-0.05, 0) is 25.3 Å². The van der Waals surface area contributed by atoms with Crippen LogP contribution in [-0.2, 0) is 4.74 Å². The second-order valence-electron chi connectivity index (χ2n) is 5.62. The normalized spacial score (nSPS) is 22.3. The maximum Gasteiger partial charge on any atom is 0.322 e. The Morgan fingerprint density at radius 3 is 2.52 bits per heavy atom. The van der Waals surface area contributed by atoms with Gasteiger partial charge in [0, 0.05) is 18.5 Å². The molecule has 0 radical (unpaired) electrons. The van der Waals surface area contributed by atoms with Crippen LogP contribution < -0.4 is 5.32 Å². The minimum atomic E-state index is -0.0617. The maximum atomic E-state index is 12.5. The minimum Gasteiger partial charge on any atom is -0.372 e. The lowest BCUT2D eigenvalue weighted by molar-refractivity contribution is -0.0530. The van der Waals surface area contributed by atoms with Crippen LogP contribution in [0, 0.1) is 0 Å². The maximum absolute atomic E-state index is 12.5. The first kappa shape index (κ1) is 13.9. The van der Waals surface area contributed by atoms with Crippen LogP contribution in [0.25, 0.3) is 10.8 Å². The van der Waals surface area contributed by atoms with Gasteiger partial charge in [-0.3, -0.25) is 0 Å². The fourth-order valence-electron chi connectivity index (χ4n) is 2.87. The van der Waals surface area contributed by atoms with Gasteiger partial charge < -0.3 is 15.0 Å². The molecule has 0 aromatic heterocycles. The van der Waals surface area contributed by atoms with Crippen molar-refractivity contribution in [2.75, 3.05) is 18.4 Å². The number of urea groups is 1. The van der Waals surface area contributed by atoms with Gasteiger partial charge >= 0.3 is 6.03 Å². The number of nitrogens with zero attached hydrogens (tertiary/aromatic N) is 1. The fourth-order valence-corrected chi connectivity index (χ4v) is 2.87. The Kier molecular flexibility index (Phi) is 3.80. The first-order chi connectivity index (χ1) is 10.1. The molecule has 4 heteroatoms. The molecule has 0 aliphatic carbocycles. The smallest absolute Gasteiger partial charge is 0.322 e. The largest absolute Gasteiger partial charge is 0.372 e. The molecule has 0 unspecified atom stereocenters. The number of fused-ring (bicyclic) bond motifs is 1. The highest BCUT2D eigenvalue weighted by Gasteiger charge is 2.26. The standard InChI is InChI=1S/C17H20N2O2/c1-12-10-19(11-13(2)21-12)17(20)18-16-9-5-7-14-6-3-4-8-15(14)16/h3-9,12-13H,10-11H2,1-2H3,(H,18,20)/t12-,13-/m0/s1. The molecule has 2 amide bonds. The summed E-state index contributed by atoms with van der Waals surface area (Å²) in [5.74, 6) is 0. The zero-order chi connectivity index (χ0) is 14.8. The van der Waals surface area contributed by atoms with Crippen LogP contribution in [-0.4, -0.2) is 36.2 Å². The third-order valence-electron chi connectivity index (χ3n) is 3.74. The molecule has 3 rings (SSSR count). The minimum absolute atomic E-state index is 0.0617. The summed E-state index contributed by atoms with van der Waals surface area (Å²) in [5, 5.41) is 5.21. The third-order valence-corrected chi connectivity index (χ3v) is 3.74. The Morgan fingerprint density at radius 2 is 1.76 bits per heavy atom. The van der Waals surface area contributed by atoms with Gasteiger partial charge in [-0.1, -0.05) is 36.4 Å². The van der Waals surface area contributed by atoms with Gasteiger partial charge in [0.05, 0.1) is 17.9 Å². The Hall–Kier alpha value is -2.07. The van der Waals surface area contributed by atoms with Crippen molar-refractivity contribution in [1.29, 1.82) is 0 Å². The van der Waals surface area contributed by atoms with Crippen molar-refractivity contribution < 1.29 is 9.53 Å². The van der Waals surface area contributed by atoms with Crippen molar-refractivity contribution in [1.82, 2.24) is 4.90 Å². The van der Waals surface area contributed by atoms with Crippen molar-refractivity contribution in [3.63, 3.8) is 0 Å². The van der Waals surface area contributed by atoms with Crippen molar-refractivity contribution in [3.05, 3.63) is 42.5 Å². The SMILES string of the molecule is C[C@H]1CN(C(=O)Nc2cccc3ccccc23)C[C@H](C)O1. The number of rotatable bonds is 1. The Balaban J connectivity index is 1.80. The summed E-state index contributed by atoms with van der Waals surface area (Å²) in [6.07, 6.45) is 0.152. The molecular formula is C17H20N2O2. The number of carbonyl (C=O) groups is 1. The van der Waals surface area contributed by atoms with Crippen LogP contribution in [0.2, 0.25) is 0 Å². The number of hydrogen-bond donors (Lipinski definition) is 1. The van der Waals surface area contributed by atoms with Crippen molar-refractivity contribution >= 4 is 22.5 Å². The second-order valence-corrected chi connectivity index (χ2v) is 5.62. The third kappa shape index (κ3) is 3.00. The first-order valence-corrected chi connectivity index (χ1v) is 7.32. The van der Waals surface area contributed by atoms with E-state index in [1.807, 2.05) is 61.2 Å². The van der Waals surface area contributed by atoms with Gasteiger partial charge in [0.1, 0.15) is 0 Å². The fraction of sp³-hybridized carbons (Fsp3) is 0.353. The number of benzene rings is 2. The van der Waals surface area contributed by atoms with Crippen molar-refractivity contribution in [2.45, 2.75) is 26.1 Å². The van der Waals surface area contributed by atoms with Crippen LogP contribution in [0.4, 0.5) is 10.5 Å². The summed E-state index contributed by atoms with van der Waals surface area (Å²) >= 11 is 0. The van der Waals surface area contributed by atoms with Gasteiger partial charge in [-0.25, -0.2) is 4.79 Å². The number of hydrogen-bond acceptors (Lipinski definition) is 2. The second kappa shape index (κ2) is 5.74. The van der Waals surface area contributed by atoms with E-state index in [0.29, 0.717) is 13.1 Å². The number of anilines is 1. The zero-order valence-electron chi connectivity index (χ0n) is 12.4. The molecule has 1 saturated heterocycles. The van der Waals surface area contributed by atoms with Gasteiger partial charge in [-0.2, -0.15) is 0 Å². The van der Waals surface area contributed by atoms with E-state index in [0.717, 1.165) is 16.5 Å². The molecule has 1 aliphatic rings. The first-order valence-electron chi connectivity index (χ1n) is 7.32. The lowest BCUT2D eigenvalue weighted by Gasteiger charge is -2.35. The Morgan fingerprint density at radius 1 is 1.10 bits per heavy atom. The molecular weight excluding hydrogens is 264 g/mol. The van der Waals surface area contributed by atoms with E-state index >= 15 is 0 Å². The summed E-state index contributed by atoms with van der Waals surface area (Å²) < 4.78 is 5.67. The molecule has 4 nitrogen and oxygen atoms in total. The number of carbonyl (C=O) groups excluding carboxylic acids is 1. The number of ether oxygens (including phenoxy) is 1. The molecule has 2 aromatic carbocycles. The van der Waals surface area contributed by atoms with Crippen molar-refractivity contribution in [3.8, 4) is 0 Å². The molecule has 1 fully saturated rings. The lowest BCUT2D eigenvalue weighted by Crippen LogP contribution is -2.49. The molecule has 0 spiro atoms. The van der Waals surface area contributed by atoms with E-state index in [-0.39, 0.29) is 18.2 Å². The van der Waals surface area contributed by atoms with Crippen LogP contribution >= 0.6 is 0 Å². The van der Waals surface area contributed by atoms with Crippen LogP contribution in [0.3, 0.4) is 0 Å². The van der Waals surface area contributed by atoms with E-state index in [1.165, 1.54) is 0 Å². The number of amides is 2. The molecule has 0 bridgehead atoms. The monoisotopic (exact) mass is 284 g/mol. The molecule has 0 saturated carbocycles. The zero-order valence-corrected chi connectivity index (χ0v) is 12.4. The molecule has 2 aromatic rings. The number of nitrogens with one attached hydrogen (secondary N) is 1. The molecule has 1 heterocycles. The van der Waals surface area contributed by atoms with Crippen LogP contribution in [0.5, 0.6) is 0 Å². The van der Waals surface area contributed by atoms with Crippen molar-refractivity contribution in [2.24, 2.45) is 0 Å². The van der Waals surface area contributed by atoms with Gasteiger partial charge in [0.2, 0.25) is 0 Å². The average Bonchev–Trinajstić information content (AvgIpc) is 2.46. The summed E-state index contributed by atoms with van der Waals surface area (Å²) in [7, 11) is 0. The summed E-state index contributed by atoms with van der Waals surface area (Å²) in [6, 6.07) is 13.9. The summed E-state index contributed by atoms with van der Waals surface area (Å²) in [6.45, 7) is 5.24. The predicted octanol–water partition coefficient (Wildman–Crippen LogP) is 3.48. The van der Waals surface area contributed by atoms with E-state index in [1.54, 1.807) is 0 Å². The van der Waals surface area contributed by atoms with E-state index in [2.05, 4.69) is 5.32 Å². The van der Waals surface area contributed by atoms with E-state index < -0.39 is 0 Å². The van der Waals surface area contributed by atoms with E-state index in [4.69, 9.17) is 4.74 Å². The van der Waals surface area contributed by atoms with Gasteiger partial charge in [0.15, 0.2) is 0 Å². The van der Waals surface area contributed by atoms with Crippen LogP contribution in [0.15, 0.2) is 42.5 Å². The molecule has 21 heavy (non-hydrogen) atoms. The topological polar surface area (TPSA) is 41.6 Å². The Bertz CT molecular complexity index is 641. The highest BCUT2D eigenvalue weighted by molar-refractivity contribution is 6.01. The highest BCUT2D eigenvalue weighted by atomic mass is 16.5. The average molecular weight is 284 g/mol. The molecule has 2 atom stereocenters. The lowest BCUT2D eigenvalue weighted by atomic mass is 10.1. The predicted molar refractivity (Wildman–Crippen MR) is 84.5 cm³/mol. The number of morpholine rings is 1. The van der Waals surface area contributed by atoms with Gasteiger partial charge in [0.25, 0.3) is 0 Å². The molecule has 1 aliphatic heterocycles. The molecule has 1 N–H and O–H groups in total. The summed E-state index contributed by atoms with van der Waals surface area (Å²) in [4.78, 5) is 14.3. The molecule has 110 valence electrons. The highest BCUT2D eigenvalue weighted by Crippen LogP contribution is 2.23. The van der Waals surface area contributed by atoms with Crippen LogP contribution in [0.1, 0.15) is 13.8 Å². The quantitative estimate of drug-likeness (QED) is 0.871. The summed E-state index contributed by atoms with van der Waals surface area (Å²) in [5.41, 5.74) is 0.852. The van der Waals surface area contributed by atoms with Gasteiger partial charge in [-0.15, -0.1) is 0 Å². The van der Waals surface area contributed by atoms with E-state index in [9.17, 15) is 4.79 Å². The Labute approximate surface area is 124 Å².